The largest absolute Gasteiger partial charge is 0.462 e. The number of Topliss-reactive ketones (excluding diaryl/α,β-unsaturated/α-hetero) is 1. The van der Waals surface area contributed by atoms with Crippen molar-refractivity contribution in [1.29, 1.82) is 0 Å². The lowest BCUT2D eigenvalue weighted by atomic mass is 9.97. The SMILES string of the molecule is CCOC(=O)c1c(C)[nH]c(C(=O)COC(=O)C(CC)c2ccccc2)c1C. The van der Waals surface area contributed by atoms with Crippen LogP contribution in [0.3, 0.4) is 0 Å². The lowest BCUT2D eigenvalue weighted by Gasteiger charge is -2.14. The number of H-pyrrole nitrogens is 1. The van der Waals surface area contributed by atoms with Crippen molar-refractivity contribution in [3.63, 3.8) is 0 Å². The summed E-state index contributed by atoms with van der Waals surface area (Å²) in [7, 11) is 0. The summed E-state index contributed by atoms with van der Waals surface area (Å²) >= 11 is 0. The van der Waals surface area contributed by atoms with Gasteiger partial charge in [-0.15, -0.1) is 0 Å². The highest BCUT2D eigenvalue weighted by Gasteiger charge is 2.25. The molecule has 144 valence electrons. The van der Waals surface area contributed by atoms with E-state index in [9.17, 15) is 14.4 Å². The van der Waals surface area contributed by atoms with Gasteiger partial charge in [0.2, 0.25) is 5.78 Å². The second-order valence-corrected chi connectivity index (χ2v) is 6.25. The molecule has 27 heavy (non-hydrogen) atoms. The second kappa shape index (κ2) is 9.16. The van der Waals surface area contributed by atoms with Crippen molar-refractivity contribution in [3.8, 4) is 0 Å². The third-order valence-electron chi connectivity index (χ3n) is 4.44. The number of ether oxygens (including phenoxy) is 2. The van der Waals surface area contributed by atoms with Crippen LogP contribution in [0.1, 0.15) is 63.9 Å². The van der Waals surface area contributed by atoms with Gasteiger partial charge in [-0.1, -0.05) is 37.3 Å². The zero-order valence-electron chi connectivity index (χ0n) is 16.1. The molecule has 0 saturated carbocycles. The number of aromatic nitrogens is 1. The topological polar surface area (TPSA) is 85.5 Å². The number of carbonyl (C=O) groups is 3. The molecule has 1 atom stereocenters. The molecule has 0 bridgehead atoms. The van der Waals surface area contributed by atoms with E-state index in [0.717, 1.165) is 5.56 Å². The first-order valence-corrected chi connectivity index (χ1v) is 9.01. The highest BCUT2D eigenvalue weighted by molar-refractivity contribution is 6.02. The standard InChI is InChI=1S/C21H25NO5/c1-5-16(15-10-8-7-9-11-15)20(24)27-12-17(23)19-13(3)18(14(4)22-19)21(25)26-6-2/h7-11,16,22H,5-6,12H2,1-4H3. The van der Waals surface area contributed by atoms with Gasteiger partial charge in [0.05, 0.1) is 23.8 Å². The summed E-state index contributed by atoms with van der Waals surface area (Å²) in [6.07, 6.45) is 0.574. The summed E-state index contributed by atoms with van der Waals surface area (Å²) in [5.41, 5.74) is 2.52. The van der Waals surface area contributed by atoms with E-state index < -0.39 is 17.9 Å². The van der Waals surface area contributed by atoms with E-state index in [1.165, 1.54) is 0 Å². The minimum absolute atomic E-state index is 0.252. The predicted octanol–water partition coefficient (Wildman–Crippen LogP) is 3.73. The number of hydrogen-bond acceptors (Lipinski definition) is 5. The maximum absolute atomic E-state index is 12.5. The van der Waals surface area contributed by atoms with Crippen LogP contribution in [0.5, 0.6) is 0 Å². The maximum Gasteiger partial charge on any atom is 0.340 e. The average Bonchev–Trinajstić information content (AvgIpc) is 2.96. The smallest absolute Gasteiger partial charge is 0.340 e. The molecule has 6 heteroatoms. The molecule has 0 aliphatic heterocycles. The second-order valence-electron chi connectivity index (χ2n) is 6.25. The van der Waals surface area contributed by atoms with Gasteiger partial charge >= 0.3 is 11.9 Å². The number of aromatic amines is 1. The summed E-state index contributed by atoms with van der Waals surface area (Å²) in [6.45, 7) is 6.85. The highest BCUT2D eigenvalue weighted by atomic mass is 16.5. The number of aryl methyl sites for hydroxylation is 1. The fourth-order valence-corrected chi connectivity index (χ4v) is 3.07. The van der Waals surface area contributed by atoms with Crippen LogP contribution >= 0.6 is 0 Å². The molecular weight excluding hydrogens is 346 g/mol. The Balaban J connectivity index is 2.08. The molecule has 1 heterocycles. The molecule has 1 aromatic heterocycles. The van der Waals surface area contributed by atoms with Gasteiger partial charge in [-0.25, -0.2) is 4.79 Å². The summed E-state index contributed by atoms with van der Waals surface area (Å²) < 4.78 is 10.3. The minimum atomic E-state index is -0.477. The summed E-state index contributed by atoms with van der Waals surface area (Å²) in [4.78, 5) is 39.8. The molecule has 1 N–H and O–H groups in total. The van der Waals surface area contributed by atoms with Crippen LogP contribution in [-0.2, 0) is 14.3 Å². The van der Waals surface area contributed by atoms with Crippen molar-refractivity contribution in [2.75, 3.05) is 13.2 Å². The fourth-order valence-electron chi connectivity index (χ4n) is 3.07. The number of nitrogens with one attached hydrogen (secondary N) is 1. The Morgan fingerprint density at radius 3 is 2.30 bits per heavy atom. The van der Waals surface area contributed by atoms with E-state index in [0.29, 0.717) is 23.2 Å². The Hall–Kier alpha value is -2.89. The molecular formula is C21H25NO5. The fraction of sp³-hybridized carbons (Fsp3) is 0.381. The Kier molecular flexibility index (Phi) is 6.93. The molecule has 1 aromatic carbocycles. The van der Waals surface area contributed by atoms with Crippen molar-refractivity contribution >= 4 is 17.7 Å². The van der Waals surface area contributed by atoms with Crippen molar-refractivity contribution in [3.05, 3.63) is 58.4 Å². The zero-order chi connectivity index (χ0) is 20.0. The van der Waals surface area contributed by atoms with E-state index in [1.54, 1.807) is 20.8 Å². The van der Waals surface area contributed by atoms with Gasteiger partial charge in [0.15, 0.2) is 6.61 Å². The van der Waals surface area contributed by atoms with Gasteiger partial charge in [0, 0.05) is 5.69 Å². The van der Waals surface area contributed by atoms with Gasteiger partial charge in [-0.2, -0.15) is 0 Å². The molecule has 0 spiro atoms. The van der Waals surface area contributed by atoms with Gasteiger partial charge in [0.25, 0.3) is 0 Å². The molecule has 0 aliphatic rings. The zero-order valence-corrected chi connectivity index (χ0v) is 16.1. The van der Waals surface area contributed by atoms with Crippen LogP contribution in [0.4, 0.5) is 0 Å². The Morgan fingerprint density at radius 1 is 1.04 bits per heavy atom. The molecule has 0 saturated heterocycles. The van der Waals surface area contributed by atoms with E-state index >= 15 is 0 Å². The van der Waals surface area contributed by atoms with Crippen LogP contribution in [-0.4, -0.2) is 35.9 Å². The Labute approximate surface area is 158 Å². The van der Waals surface area contributed by atoms with Gasteiger partial charge in [-0.3, -0.25) is 9.59 Å². The van der Waals surface area contributed by atoms with E-state index in [2.05, 4.69) is 4.98 Å². The third kappa shape index (κ3) is 4.64. The van der Waals surface area contributed by atoms with E-state index in [1.807, 2.05) is 37.3 Å². The lowest BCUT2D eigenvalue weighted by molar-refractivity contribution is -0.144. The van der Waals surface area contributed by atoms with Gasteiger partial charge in [-0.05, 0) is 38.3 Å². The number of esters is 2. The van der Waals surface area contributed by atoms with Crippen LogP contribution in [0, 0.1) is 13.8 Å². The number of hydrogen-bond donors (Lipinski definition) is 1. The van der Waals surface area contributed by atoms with E-state index in [-0.39, 0.29) is 24.7 Å². The summed E-state index contributed by atoms with van der Waals surface area (Å²) in [5, 5.41) is 0. The maximum atomic E-state index is 12.5. The quantitative estimate of drug-likeness (QED) is 0.564. The summed E-state index contributed by atoms with van der Waals surface area (Å²) in [6, 6.07) is 9.32. The minimum Gasteiger partial charge on any atom is -0.462 e. The predicted molar refractivity (Wildman–Crippen MR) is 101 cm³/mol. The first kappa shape index (κ1) is 20.4. The average molecular weight is 371 g/mol. The van der Waals surface area contributed by atoms with Crippen molar-refractivity contribution < 1.29 is 23.9 Å². The molecule has 1 unspecified atom stereocenters. The lowest BCUT2D eigenvalue weighted by Crippen LogP contribution is -2.20. The number of ketones is 1. The first-order chi connectivity index (χ1) is 12.9. The number of benzene rings is 1. The molecule has 6 nitrogen and oxygen atoms in total. The Morgan fingerprint density at radius 2 is 1.70 bits per heavy atom. The summed E-state index contributed by atoms with van der Waals surface area (Å²) in [5.74, 6) is -1.72. The third-order valence-corrected chi connectivity index (χ3v) is 4.44. The van der Waals surface area contributed by atoms with Gasteiger partial charge < -0.3 is 14.5 Å². The molecule has 2 rings (SSSR count). The molecule has 2 aromatic rings. The van der Waals surface area contributed by atoms with Crippen molar-refractivity contribution in [2.45, 2.75) is 40.0 Å². The van der Waals surface area contributed by atoms with Crippen LogP contribution in [0.25, 0.3) is 0 Å². The number of carbonyl (C=O) groups excluding carboxylic acids is 3. The van der Waals surface area contributed by atoms with Crippen LogP contribution in [0.15, 0.2) is 30.3 Å². The van der Waals surface area contributed by atoms with Gasteiger partial charge in [0.1, 0.15) is 0 Å². The van der Waals surface area contributed by atoms with Crippen molar-refractivity contribution in [2.24, 2.45) is 0 Å². The molecule has 0 fully saturated rings. The monoisotopic (exact) mass is 371 g/mol. The normalized spacial score (nSPS) is 11.7. The molecule has 0 radical (unpaired) electrons. The number of rotatable bonds is 8. The highest BCUT2D eigenvalue weighted by Crippen LogP contribution is 2.22. The van der Waals surface area contributed by atoms with E-state index in [4.69, 9.17) is 9.47 Å². The molecule has 0 aliphatic carbocycles. The van der Waals surface area contributed by atoms with Crippen LogP contribution in [0.2, 0.25) is 0 Å². The molecule has 0 amide bonds. The van der Waals surface area contributed by atoms with Crippen molar-refractivity contribution in [1.82, 2.24) is 4.98 Å². The van der Waals surface area contributed by atoms with Crippen LogP contribution < -0.4 is 0 Å². The first-order valence-electron chi connectivity index (χ1n) is 9.01. The Bertz CT molecular complexity index is 823.